The van der Waals surface area contributed by atoms with Crippen LogP contribution in [0.1, 0.15) is 41.6 Å². The van der Waals surface area contributed by atoms with Gasteiger partial charge in [-0.2, -0.15) is 0 Å². The summed E-state index contributed by atoms with van der Waals surface area (Å²) in [5, 5.41) is 3.29. The summed E-state index contributed by atoms with van der Waals surface area (Å²) in [5.74, 6) is -1.23. The van der Waals surface area contributed by atoms with E-state index in [-0.39, 0.29) is 11.9 Å². The van der Waals surface area contributed by atoms with Crippen molar-refractivity contribution in [1.82, 2.24) is 0 Å². The zero-order valence-corrected chi connectivity index (χ0v) is 13.5. The van der Waals surface area contributed by atoms with Gasteiger partial charge < -0.3 is 19.5 Å². The first kappa shape index (κ1) is 16.2. The molecule has 1 aromatic rings. The number of esters is 1. The summed E-state index contributed by atoms with van der Waals surface area (Å²) in [6.45, 7) is 2.92. The molecule has 0 bridgehead atoms. The van der Waals surface area contributed by atoms with Crippen molar-refractivity contribution in [1.29, 1.82) is 0 Å². The van der Waals surface area contributed by atoms with Crippen LogP contribution in [0.4, 0.5) is 10.1 Å². The zero-order chi connectivity index (χ0) is 16.4. The summed E-state index contributed by atoms with van der Waals surface area (Å²) < 4.78 is 30.1. The summed E-state index contributed by atoms with van der Waals surface area (Å²) >= 11 is 0. The molecule has 0 atom stereocenters. The molecule has 6 heteroatoms. The number of carbonyl (C=O) groups is 1. The fourth-order valence-electron chi connectivity index (χ4n) is 3.29. The van der Waals surface area contributed by atoms with Crippen molar-refractivity contribution in [2.24, 2.45) is 0 Å². The quantitative estimate of drug-likeness (QED) is 0.867. The van der Waals surface area contributed by atoms with Crippen molar-refractivity contribution in [3.05, 3.63) is 29.1 Å². The molecule has 1 aliphatic carbocycles. The van der Waals surface area contributed by atoms with Gasteiger partial charge in [0.1, 0.15) is 5.82 Å². The highest BCUT2D eigenvalue weighted by atomic mass is 19.1. The number of aryl methyl sites for hydroxylation is 1. The highest BCUT2D eigenvalue weighted by Gasteiger charge is 2.40. The third-order valence-electron chi connectivity index (χ3n) is 4.62. The van der Waals surface area contributed by atoms with Gasteiger partial charge in [0.05, 0.1) is 31.6 Å². The minimum Gasteiger partial charge on any atom is -0.465 e. The van der Waals surface area contributed by atoms with Crippen LogP contribution in [0.15, 0.2) is 12.1 Å². The Bertz CT molecular complexity index is 589. The Hall–Kier alpha value is -1.66. The predicted octanol–water partition coefficient (Wildman–Crippen LogP) is 3.02. The highest BCUT2D eigenvalue weighted by Crippen LogP contribution is 2.37. The Kier molecular flexibility index (Phi) is 4.55. The number of anilines is 1. The molecule has 0 radical (unpaired) electrons. The number of rotatable bonds is 3. The summed E-state index contributed by atoms with van der Waals surface area (Å²) in [4.78, 5) is 11.9. The van der Waals surface area contributed by atoms with E-state index in [2.05, 4.69) is 5.32 Å². The smallest absolute Gasteiger partial charge is 0.339 e. The molecule has 0 unspecified atom stereocenters. The molecule has 23 heavy (non-hydrogen) atoms. The minimum absolute atomic E-state index is 0.152. The Morgan fingerprint density at radius 3 is 2.57 bits per heavy atom. The van der Waals surface area contributed by atoms with Crippen molar-refractivity contribution in [3.8, 4) is 0 Å². The number of benzene rings is 1. The van der Waals surface area contributed by atoms with Crippen LogP contribution in [0.5, 0.6) is 0 Å². The molecule has 126 valence electrons. The van der Waals surface area contributed by atoms with Gasteiger partial charge in [0, 0.05) is 18.9 Å². The number of nitrogens with one attached hydrogen (secondary N) is 1. The number of hydrogen-bond donors (Lipinski definition) is 1. The summed E-state index contributed by atoms with van der Waals surface area (Å²) in [5.41, 5.74) is 1.26. The Morgan fingerprint density at radius 1 is 1.30 bits per heavy atom. The molecule has 1 heterocycles. The molecule has 1 spiro atoms. The van der Waals surface area contributed by atoms with Crippen LogP contribution in [0.2, 0.25) is 0 Å². The molecule has 2 fully saturated rings. The largest absolute Gasteiger partial charge is 0.465 e. The second-order valence-electron chi connectivity index (χ2n) is 6.16. The predicted molar refractivity (Wildman–Crippen MR) is 83.0 cm³/mol. The Labute approximate surface area is 135 Å². The second kappa shape index (κ2) is 6.45. The van der Waals surface area contributed by atoms with Crippen molar-refractivity contribution in [3.63, 3.8) is 0 Å². The van der Waals surface area contributed by atoms with Crippen LogP contribution in [0, 0.1) is 12.7 Å². The first-order valence-electron chi connectivity index (χ1n) is 7.96. The maximum atomic E-state index is 13.9. The maximum absolute atomic E-state index is 13.9. The van der Waals surface area contributed by atoms with Crippen LogP contribution in [-0.2, 0) is 14.2 Å². The normalized spacial score (nSPS) is 20.7. The van der Waals surface area contributed by atoms with E-state index in [0.717, 1.165) is 25.7 Å². The van der Waals surface area contributed by atoms with E-state index in [1.807, 2.05) is 0 Å². The SMILES string of the molecule is COC(=O)c1cc(C)c(F)cc1NC1CCC2(CC1)OCCO2. The third-order valence-corrected chi connectivity index (χ3v) is 4.62. The Morgan fingerprint density at radius 2 is 1.96 bits per heavy atom. The van der Waals surface area contributed by atoms with Crippen LogP contribution in [-0.4, -0.2) is 38.1 Å². The van der Waals surface area contributed by atoms with Crippen molar-refractivity contribution < 1.29 is 23.4 Å². The van der Waals surface area contributed by atoms with E-state index in [1.165, 1.54) is 19.2 Å². The first-order chi connectivity index (χ1) is 11.0. The fraction of sp³-hybridized carbons (Fsp3) is 0.588. The van der Waals surface area contributed by atoms with E-state index < -0.39 is 11.8 Å². The van der Waals surface area contributed by atoms with Crippen molar-refractivity contribution in [2.45, 2.75) is 44.4 Å². The van der Waals surface area contributed by atoms with Crippen molar-refractivity contribution >= 4 is 11.7 Å². The third kappa shape index (κ3) is 3.33. The topological polar surface area (TPSA) is 56.8 Å². The molecular weight excluding hydrogens is 301 g/mol. The molecule has 1 saturated heterocycles. The average Bonchev–Trinajstić information content (AvgIpc) is 3.00. The molecule has 2 aliphatic rings. The summed E-state index contributed by atoms with van der Waals surface area (Å²) in [7, 11) is 1.32. The van der Waals surface area contributed by atoms with E-state index in [0.29, 0.717) is 30.0 Å². The molecule has 5 nitrogen and oxygen atoms in total. The van der Waals surface area contributed by atoms with Gasteiger partial charge in [-0.1, -0.05) is 0 Å². The highest BCUT2D eigenvalue weighted by molar-refractivity contribution is 5.95. The number of methoxy groups -OCH3 is 1. The van der Waals surface area contributed by atoms with Gasteiger partial charge in [-0.25, -0.2) is 9.18 Å². The zero-order valence-electron chi connectivity index (χ0n) is 13.5. The summed E-state index contributed by atoms with van der Waals surface area (Å²) in [6.07, 6.45) is 3.28. The van der Waals surface area contributed by atoms with E-state index in [9.17, 15) is 9.18 Å². The Balaban J connectivity index is 1.72. The molecule has 1 N–H and O–H groups in total. The average molecular weight is 323 g/mol. The molecule has 1 aromatic carbocycles. The van der Waals surface area contributed by atoms with Crippen LogP contribution in [0.3, 0.4) is 0 Å². The standard InChI is InChI=1S/C17H22FNO4/c1-11-9-13(16(20)21-2)15(10-14(11)18)19-12-3-5-17(6-4-12)22-7-8-23-17/h9-10,12,19H,3-8H2,1-2H3. The van der Waals surface area contributed by atoms with E-state index in [4.69, 9.17) is 14.2 Å². The lowest BCUT2D eigenvalue weighted by Gasteiger charge is -2.36. The van der Waals surface area contributed by atoms with Gasteiger partial charge in [-0.05, 0) is 37.5 Å². The molecule has 3 rings (SSSR count). The van der Waals surface area contributed by atoms with Crippen molar-refractivity contribution in [2.75, 3.05) is 25.6 Å². The van der Waals surface area contributed by atoms with E-state index in [1.54, 1.807) is 6.92 Å². The lowest BCUT2D eigenvalue weighted by atomic mass is 9.89. The molecule has 0 aromatic heterocycles. The molecule has 1 aliphatic heterocycles. The van der Waals surface area contributed by atoms with Crippen LogP contribution >= 0.6 is 0 Å². The lowest BCUT2D eigenvalue weighted by molar-refractivity contribution is -0.177. The number of halogens is 1. The first-order valence-corrected chi connectivity index (χ1v) is 7.96. The maximum Gasteiger partial charge on any atom is 0.339 e. The molecular formula is C17H22FNO4. The van der Waals surface area contributed by atoms with Gasteiger partial charge in [0.2, 0.25) is 0 Å². The number of carbonyl (C=O) groups excluding carboxylic acids is 1. The number of ether oxygens (including phenoxy) is 3. The second-order valence-corrected chi connectivity index (χ2v) is 6.16. The van der Waals surface area contributed by atoms with Crippen LogP contribution in [0.25, 0.3) is 0 Å². The fourth-order valence-corrected chi connectivity index (χ4v) is 3.29. The van der Waals surface area contributed by atoms with Gasteiger partial charge in [0.25, 0.3) is 0 Å². The van der Waals surface area contributed by atoms with E-state index >= 15 is 0 Å². The monoisotopic (exact) mass is 323 g/mol. The lowest BCUT2D eigenvalue weighted by Crippen LogP contribution is -2.39. The minimum atomic E-state index is -0.467. The summed E-state index contributed by atoms with van der Waals surface area (Å²) in [6, 6.07) is 3.05. The van der Waals surface area contributed by atoms with Crippen LogP contribution < -0.4 is 5.32 Å². The van der Waals surface area contributed by atoms with Gasteiger partial charge >= 0.3 is 5.97 Å². The molecule has 0 amide bonds. The van der Waals surface area contributed by atoms with Gasteiger partial charge in [-0.15, -0.1) is 0 Å². The molecule has 1 saturated carbocycles. The van der Waals surface area contributed by atoms with Gasteiger partial charge in [-0.3, -0.25) is 0 Å². The van der Waals surface area contributed by atoms with Gasteiger partial charge in [0.15, 0.2) is 5.79 Å². The number of hydrogen-bond acceptors (Lipinski definition) is 5.